The largest absolute Gasteiger partial charge is 0.493 e. The molecule has 2 aliphatic carbocycles. The topological polar surface area (TPSA) is 60.0 Å². The molecule has 3 aliphatic rings. The summed E-state index contributed by atoms with van der Waals surface area (Å²) in [5.41, 5.74) is 7.53. The molecule has 0 amide bonds. The van der Waals surface area contributed by atoms with Gasteiger partial charge in [-0.2, -0.15) is 0 Å². The molecular formula is C39H49ClN2O4. The first-order valence-electron chi connectivity index (χ1n) is 17.2. The second kappa shape index (κ2) is 14.4. The fourth-order valence-electron chi connectivity index (χ4n) is 7.35. The highest BCUT2D eigenvalue weighted by molar-refractivity contribution is 6.32. The summed E-state index contributed by atoms with van der Waals surface area (Å²) in [5, 5.41) is 4.09. The number of fused-ring (bicyclic) bond motifs is 1. The molecule has 1 saturated heterocycles. The minimum Gasteiger partial charge on any atom is -0.493 e. The van der Waals surface area contributed by atoms with Crippen molar-refractivity contribution in [3.8, 4) is 28.4 Å². The van der Waals surface area contributed by atoms with Crippen molar-refractivity contribution < 1.29 is 19.0 Å². The SMILES string of the molecule is CCOc1cc(O[C@H]2CCc3c(-c4cccc(OCCCN5CCC5(C)C)c4C)cccc32)c(Cl)cc1CNCC1CCC(=O)C1. The predicted molar refractivity (Wildman–Crippen MR) is 185 cm³/mol. The number of ether oxygens (including phenoxy) is 3. The monoisotopic (exact) mass is 644 g/mol. The van der Waals surface area contributed by atoms with Crippen molar-refractivity contribution in [1.29, 1.82) is 0 Å². The third kappa shape index (κ3) is 7.25. The van der Waals surface area contributed by atoms with Gasteiger partial charge in [-0.1, -0.05) is 41.9 Å². The van der Waals surface area contributed by atoms with Gasteiger partial charge in [0.1, 0.15) is 29.1 Å². The Labute approximate surface area is 279 Å². The van der Waals surface area contributed by atoms with E-state index in [9.17, 15) is 4.79 Å². The smallest absolute Gasteiger partial charge is 0.142 e. The summed E-state index contributed by atoms with van der Waals surface area (Å²) in [4.78, 5) is 14.2. The third-order valence-corrected chi connectivity index (χ3v) is 10.5. The van der Waals surface area contributed by atoms with E-state index in [2.05, 4.69) is 67.4 Å². The van der Waals surface area contributed by atoms with Crippen LogP contribution in [0, 0.1) is 12.8 Å². The molecule has 0 aromatic heterocycles. The second-order valence-electron chi connectivity index (χ2n) is 13.8. The fraction of sp³-hybridized carbons (Fsp3) is 0.513. The Morgan fingerprint density at radius 3 is 2.57 bits per heavy atom. The van der Waals surface area contributed by atoms with Crippen LogP contribution in [0.4, 0.5) is 0 Å². The van der Waals surface area contributed by atoms with Gasteiger partial charge in [-0.3, -0.25) is 9.69 Å². The Morgan fingerprint density at radius 1 is 1.00 bits per heavy atom. The summed E-state index contributed by atoms with van der Waals surface area (Å²) in [6.45, 7) is 13.8. The van der Waals surface area contributed by atoms with Crippen molar-refractivity contribution in [2.45, 2.75) is 90.8 Å². The molecule has 0 spiro atoms. The van der Waals surface area contributed by atoms with Crippen LogP contribution in [0.15, 0.2) is 48.5 Å². The molecule has 2 fully saturated rings. The first-order chi connectivity index (χ1) is 22.2. The molecule has 1 saturated carbocycles. The van der Waals surface area contributed by atoms with Crippen molar-refractivity contribution in [3.05, 3.63) is 75.8 Å². The van der Waals surface area contributed by atoms with E-state index in [0.717, 1.165) is 62.4 Å². The van der Waals surface area contributed by atoms with E-state index in [4.69, 9.17) is 25.8 Å². The van der Waals surface area contributed by atoms with Crippen LogP contribution in [-0.4, -0.2) is 49.1 Å². The average Bonchev–Trinajstić information content (AvgIpc) is 3.65. The highest BCUT2D eigenvalue weighted by atomic mass is 35.5. The Morgan fingerprint density at radius 2 is 1.83 bits per heavy atom. The van der Waals surface area contributed by atoms with E-state index in [1.807, 2.05) is 19.1 Å². The number of benzene rings is 3. The van der Waals surface area contributed by atoms with Crippen LogP contribution in [0.5, 0.6) is 17.2 Å². The molecule has 0 radical (unpaired) electrons. The maximum Gasteiger partial charge on any atom is 0.142 e. The van der Waals surface area contributed by atoms with Crippen molar-refractivity contribution in [2.24, 2.45) is 5.92 Å². The highest BCUT2D eigenvalue weighted by Gasteiger charge is 2.35. The van der Waals surface area contributed by atoms with Crippen LogP contribution in [-0.2, 0) is 17.8 Å². The van der Waals surface area contributed by atoms with Gasteiger partial charge < -0.3 is 19.5 Å². The predicted octanol–water partition coefficient (Wildman–Crippen LogP) is 8.49. The zero-order valence-electron chi connectivity index (χ0n) is 27.9. The van der Waals surface area contributed by atoms with Crippen LogP contribution in [0.1, 0.15) is 87.7 Å². The lowest BCUT2D eigenvalue weighted by molar-refractivity contribution is -0.117. The van der Waals surface area contributed by atoms with Crippen molar-refractivity contribution in [3.63, 3.8) is 0 Å². The quantitative estimate of drug-likeness (QED) is 0.178. The molecule has 3 aromatic rings. The number of likely N-dealkylation sites (tertiary alicyclic amines) is 1. The van der Waals surface area contributed by atoms with Crippen molar-refractivity contribution >= 4 is 17.4 Å². The van der Waals surface area contributed by atoms with E-state index >= 15 is 0 Å². The van der Waals surface area contributed by atoms with Crippen LogP contribution in [0.3, 0.4) is 0 Å². The van der Waals surface area contributed by atoms with E-state index in [0.29, 0.717) is 54.0 Å². The van der Waals surface area contributed by atoms with Gasteiger partial charge >= 0.3 is 0 Å². The number of nitrogens with zero attached hydrogens (tertiary/aromatic N) is 1. The van der Waals surface area contributed by atoms with Crippen LogP contribution in [0.2, 0.25) is 5.02 Å². The molecule has 2 atom stereocenters. The zero-order chi connectivity index (χ0) is 32.3. The third-order valence-electron chi connectivity index (χ3n) is 10.2. The molecule has 6 nitrogen and oxygen atoms in total. The first-order valence-corrected chi connectivity index (χ1v) is 17.5. The van der Waals surface area contributed by atoms with Crippen LogP contribution >= 0.6 is 11.6 Å². The van der Waals surface area contributed by atoms with E-state index in [1.54, 1.807) is 0 Å². The molecule has 6 rings (SSSR count). The van der Waals surface area contributed by atoms with Crippen molar-refractivity contribution in [2.75, 3.05) is 32.8 Å². The first kappa shape index (κ1) is 32.9. The number of halogens is 1. The number of ketones is 1. The van der Waals surface area contributed by atoms with Crippen LogP contribution in [0.25, 0.3) is 11.1 Å². The lowest BCUT2D eigenvalue weighted by atomic mass is 9.89. The number of nitrogens with one attached hydrogen (secondary N) is 1. The van der Waals surface area contributed by atoms with E-state index in [1.165, 1.54) is 40.8 Å². The number of hydrogen-bond donors (Lipinski definition) is 1. The number of carbonyl (C=O) groups excluding carboxylic acids is 1. The van der Waals surface area contributed by atoms with Gasteiger partial charge in [-0.15, -0.1) is 0 Å². The molecule has 7 heteroatoms. The summed E-state index contributed by atoms with van der Waals surface area (Å²) < 4.78 is 19.0. The maximum atomic E-state index is 11.6. The highest BCUT2D eigenvalue weighted by Crippen LogP contribution is 2.44. The van der Waals surface area contributed by atoms with E-state index < -0.39 is 0 Å². The summed E-state index contributed by atoms with van der Waals surface area (Å²) in [6, 6.07) is 16.9. The lowest BCUT2D eigenvalue weighted by Crippen LogP contribution is -2.55. The molecule has 1 aliphatic heterocycles. The molecule has 0 bridgehead atoms. The Kier molecular flexibility index (Phi) is 10.3. The minimum absolute atomic E-state index is 0.0868. The number of carbonyl (C=O) groups is 1. The Balaban J connectivity index is 1.13. The molecule has 1 unspecified atom stereocenters. The summed E-state index contributed by atoms with van der Waals surface area (Å²) in [6.07, 6.45) is 6.40. The van der Waals surface area contributed by atoms with Gasteiger partial charge in [0.05, 0.1) is 18.2 Å². The minimum atomic E-state index is -0.0868. The van der Waals surface area contributed by atoms with Crippen molar-refractivity contribution in [1.82, 2.24) is 10.2 Å². The van der Waals surface area contributed by atoms with Gasteiger partial charge in [0.2, 0.25) is 0 Å². The van der Waals surface area contributed by atoms with Gasteiger partial charge in [-0.25, -0.2) is 0 Å². The molecule has 1 heterocycles. The molecule has 46 heavy (non-hydrogen) atoms. The van der Waals surface area contributed by atoms with Gasteiger partial charge in [0.15, 0.2) is 0 Å². The summed E-state index contributed by atoms with van der Waals surface area (Å²) in [7, 11) is 0. The number of Topliss-reactive ketones (excluding diaryl/α,β-unsaturated/α-hetero) is 1. The number of hydrogen-bond acceptors (Lipinski definition) is 6. The summed E-state index contributed by atoms with van der Waals surface area (Å²) >= 11 is 6.82. The Hall–Kier alpha value is -3.06. The molecule has 3 aromatic carbocycles. The molecular weight excluding hydrogens is 596 g/mol. The average molecular weight is 645 g/mol. The second-order valence-corrected chi connectivity index (χ2v) is 14.2. The molecule has 1 N–H and O–H groups in total. The summed E-state index contributed by atoms with van der Waals surface area (Å²) in [5.74, 6) is 3.18. The lowest BCUT2D eigenvalue weighted by Gasteiger charge is -2.48. The number of rotatable bonds is 14. The standard InChI is InChI=1S/C39H49ClN2O4/c1-5-44-37-23-38(34(40)22-28(37)25-41-24-27-13-14-29(43)21-27)46-36-16-15-32-31(10-6-11-33(32)36)30-9-7-12-35(26(30)2)45-20-8-18-42-19-17-39(42,3)4/h6-7,9-12,22-23,27,36,41H,5,8,13-21,24-25H2,1-4H3/t27?,36-/m0/s1. The van der Waals surface area contributed by atoms with Crippen LogP contribution < -0.4 is 19.5 Å². The van der Waals surface area contributed by atoms with Gasteiger partial charge in [-0.05, 0) is 112 Å². The molecule has 246 valence electrons. The van der Waals surface area contributed by atoms with E-state index in [-0.39, 0.29) is 6.10 Å². The van der Waals surface area contributed by atoms with Gasteiger partial charge in [0.25, 0.3) is 0 Å². The fourth-order valence-corrected chi connectivity index (χ4v) is 7.58. The zero-order valence-corrected chi connectivity index (χ0v) is 28.7. The van der Waals surface area contributed by atoms with Gasteiger partial charge in [0, 0.05) is 49.6 Å². The Bertz CT molecular complexity index is 1550. The maximum absolute atomic E-state index is 11.6. The normalized spacial score (nSPS) is 20.4.